The van der Waals surface area contributed by atoms with Gasteiger partial charge in [0.2, 0.25) is 0 Å². The summed E-state index contributed by atoms with van der Waals surface area (Å²) in [5, 5.41) is 2.17. The van der Waals surface area contributed by atoms with Crippen LogP contribution in [0.3, 0.4) is 0 Å². The van der Waals surface area contributed by atoms with E-state index in [-0.39, 0.29) is 30.1 Å². The fourth-order valence-corrected chi connectivity index (χ4v) is 4.04. The van der Waals surface area contributed by atoms with E-state index in [9.17, 15) is 14.0 Å². The van der Waals surface area contributed by atoms with Gasteiger partial charge in [0.15, 0.2) is 11.8 Å². The number of rotatable bonds is 7. The standard InChI is InChI=1S/C21H25FN2O4S/c1-3-16-6-4-5-11-24(16)20(25)14(2)28-21(26)18-13-29-19(23-18)12-27-17-9-7-15(22)8-10-17/h7-10,13-14,16H,3-6,11-12H2,1-2H3/t14-,16+/m1/s1. The molecule has 0 bridgehead atoms. The highest BCUT2D eigenvalue weighted by molar-refractivity contribution is 7.09. The number of carbonyl (C=O) groups is 2. The van der Waals surface area contributed by atoms with Crippen LogP contribution < -0.4 is 4.74 Å². The smallest absolute Gasteiger partial charge is 0.358 e. The second-order valence-electron chi connectivity index (χ2n) is 7.01. The third-order valence-corrected chi connectivity index (χ3v) is 5.77. The number of aromatic nitrogens is 1. The Balaban J connectivity index is 1.53. The van der Waals surface area contributed by atoms with Crippen molar-refractivity contribution in [2.45, 2.75) is 58.3 Å². The average Bonchev–Trinajstić information content (AvgIpc) is 3.22. The first-order valence-corrected chi connectivity index (χ1v) is 10.7. The Labute approximate surface area is 173 Å². The average molecular weight is 421 g/mol. The van der Waals surface area contributed by atoms with Gasteiger partial charge in [-0.2, -0.15) is 0 Å². The molecule has 1 aliphatic heterocycles. The Morgan fingerprint density at radius 1 is 1.31 bits per heavy atom. The van der Waals surface area contributed by atoms with Gasteiger partial charge in [0, 0.05) is 18.0 Å². The summed E-state index contributed by atoms with van der Waals surface area (Å²) in [7, 11) is 0. The van der Waals surface area contributed by atoms with Gasteiger partial charge in [-0.3, -0.25) is 4.79 Å². The molecule has 1 aromatic carbocycles. The molecule has 0 saturated carbocycles. The van der Waals surface area contributed by atoms with Crippen molar-refractivity contribution in [2.75, 3.05) is 6.54 Å². The van der Waals surface area contributed by atoms with Gasteiger partial charge in [-0.1, -0.05) is 6.92 Å². The monoisotopic (exact) mass is 420 g/mol. The van der Waals surface area contributed by atoms with E-state index >= 15 is 0 Å². The quantitative estimate of drug-likeness (QED) is 0.628. The number of hydrogen-bond acceptors (Lipinski definition) is 6. The Morgan fingerprint density at radius 3 is 2.79 bits per heavy atom. The molecule has 0 unspecified atom stereocenters. The number of ether oxygens (including phenoxy) is 2. The number of piperidine rings is 1. The minimum atomic E-state index is -0.852. The Morgan fingerprint density at radius 2 is 2.07 bits per heavy atom. The molecule has 156 valence electrons. The van der Waals surface area contributed by atoms with E-state index in [1.54, 1.807) is 12.3 Å². The van der Waals surface area contributed by atoms with Gasteiger partial charge in [0.25, 0.3) is 5.91 Å². The van der Waals surface area contributed by atoms with E-state index in [4.69, 9.17) is 9.47 Å². The van der Waals surface area contributed by atoms with Crippen molar-refractivity contribution in [3.63, 3.8) is 0 Å². The lowest BCUT2D eigenvalue weighted by atomic mass is 9.99. The lowest BCUT2D eigenvalue weighted by Crippen LogP contribution is -2.48. The Hall–Kier alpha value is -2.48. The number of likely N-dealkylation sites (tertiary alicyclic amines) is 1. The first kappa shape index (κ1) is 21.2. The summed E-state index contributed by atoms with van der Waals surface area (Å²) < 4.78 is 23.8. The van der Waals surface area contributed by atoms with Crippen molar-refractivity contribution in [1.29, 1.82) is 0 Å². The number of nitrogens with zero attached hydrogens (tertiary/aromatic N) is 2. The maximum Gasteiger partial charge on any atom is 0.358 e. The number of hydrogen-bond donors (Lipinski definition) is 0. The first-order chi connectivity index (χ1) is 14.0. The molecular weight excluding hydrogens is 395 g/mol. The number of carbonyl (C=O) groups excluding carboxylic acids is 2. The van der Waals surface area contributed by atoms with Crippen LogP contribution in [-0.2, 0) is 16.1 Å². The third-order valence-electron chi connectivity index (χ3n) is 4.95. The molecule has 2 aromatic rings. The van der Waals surface area contributed by atoms with Crippen LogP contribution in [0.4, 0.5) is 4.39 Å². The lowest BCUT2D eigenvalue weighted by Gasteiger charge is -2.36. The van der Waals surface area contributed by atoms with Crippen LogP contribution in [0.5, 0.6) is 5.75 Å². The van der Waals surface area contributed by atoms with Crippen LogP contribution in [0, 0.1) is 5.82 Å². The third kappa shape index (κ3) is 5.53. The van der Waals surface area contributed by atoms with Crippen molar-refractivity contribution in [2.24, 2.45) is 0 Å². The molecule has 0 aliphatic carbocycles. The van der Waals surface area contributed by atoms with Crippen molar-refractivity contribution in [3.8, 4) is 5.75 Å². The van der Waals surface area contributed by atoms with Gasteiger partial charge >= 0.3 is 5.97 Å². The highest BCUT2D eigenvalue weighted by Crippen LogP contribution is 2.21. The number of amides is 1. The molecule has 1 amide bonds. The number of benzene rings is 1. The fourth-order valence-electron chi connectivity index (χ4n) is 3.37. The van der Waals surface area contributed by atoms with E-state index in [1.165, 1.54) is 35.6 Å². The zero-order valence-electron chi connectivity index (χ0n) is 16.6. The Kier molecular flexibility index (Phi) is 7.19. The summed E-state index contributed by atoms with van der Waals surface area (Å²) in [4.78, 5) is 31.2. The molecular formula is C21H25FN2O4S. The van der Waals surface area contributed by atoms with Crippen molar-refractivity contribution in [1.82, 2.24) is 9.88 Å². The minimum Gasteiger partial charge on any atom is -0.486 e. The number of thiazole rings is 1. The fraction of sp³-hybridized carbons (Fsp3) is 0.476. The first-order valence-electron chi connectivity index (χ1n) is 9.82. The van der Waals surface area contributed by atoms with Gasteiger partial charge in [0.05, 0.1) is 0 Å². The van der Waals surface area contributed by atoms with Gasteiger partial charge in [-0.05, 0) is 56.9 Å². The van der Waals surface area contributed by atoms with Crippen LogP contribution in [0.2, 0.25) is 0 Å². The highest BCUT2D eigenvalue weighted by atomic mass is 32.1. The summed E-state index contributed by atoms with van der Waals surface area (Å²) in [6.07, 6.45) is 3.14. The van der Waals surface area contributed by atoms with Crippen LogP contribution in [0.1, 0.15) is 55.0 Å². The van der Waals surface area contributed by atoms with Crippen molar-refractivity contribution < 1.29 is 23.5 Å². The van der Waals surface area contributed by atoms with E-state index < -0.39 is 12.1 Å². The van der Waals surface area contributed by atoms with E-state index in [0.29, 0.717) is 17.3 Å². The predicted molar refractivity (Wildman–Crippen MR) is 107 cm³/mol. The lowest BCUT2D eigenvalue weighted by molar-refractivity contribution is -0.143. The van der Waals surface area contributed by atoms with Gasteiger partial charge in [-0.15, -0.1) is 11.3 Å². The summed E-state index contributed by atoms with van der Waals surface area (Å²) in [5.41, 5.74) is 0.151. The van der Waals surface area contributed by atoms with Crippen molar-refractivity contribution in [3.05, 3.63) is 46.2 Å². The molecule has 2 atom stereocenters. The molecule has 0 spiro atoms. The minimum absolute atomic E-state index is 0.151. The molecule has 3 rings (SSSR count). The predicted octanol–water partition coefficient (Wildman–Crippen LogP) is 4.20. The summed E-state index contributed by atoms with van der Waals surface area (Å²) in [6.45, 7) is 4.54. The maximum atomic E-state index is 12.9. The van der Waals surface area contributed by atoms with Gasteiger partial charge in [0.1, 0.15) is 23.2 Å². The molecule has 1 fully saturated rings. The molecule has 0 N–H and O–H groups in total. The van der Waals surface area contributed by atoms with E-state index in [1.807, 2.05) is 4.90 Å². The molecule has 2 heterocycles. The Bertz CT molecular complexity index is 839. The molecule has 29 heavy (non-hydrogen) atoms. The molecule has 6 nitrogen and oxygen atoms in total. The largest absolute Gasteiger partial charge is 0.486 e. The topological polar surface area (TPSA) is 68.7 Å². The maximum absolute atomic E-state index is 12.9. The second-order valence-corrected chi connectivity index (χ2v) is 7.95. The zero-order valence-corrected chi connectivity index (χ0v) is 17.4. The van der Waals surface area contributed by atoms with Gasteiger partial charge in [-0.25, -0.2) is 14.2 Å². The molecule has 8 heteroatoms. The number of esters is 1. The summed E-state index contributed by atoms with van der Waals surface area (Å²) in [5.74, 6) is -0.604. The molecule has 1 saturated heterocycles. The van der Waals surface area contributed by atoms with E-state index in [0.717, 1.165) is 25.7 Å². The summed E-state index contributed by atoms with van der Waals surface area (Å²) >= 11 is 1.26. The van der Waals surface area contributed by atoms with Crippen LogP contribution in [0.25, 0.3) is 0 Å². The second kappa shape index (κ2) is 9.82. The highest BCUT2D eigenvalue weighted by Gasteiger charge is 2.31. The molecule has 0 radical (unpaired) electrons. The summed E-state index contributed by atoms with van der Waals surface area (Å²) in [6, 6.07) is 5.88. The number of halogens is 1. The normalized spacial score (nSPS) is 17.6. The van der Waals surface area contributed by atoms with Crippen LogP contribution in [0.15, 0.2) is 29.6 Å². The molecule has 1 aliphatic rings. The zero-order chi connectivity index (χ0) is 20.8. The van der Waals surface area contributed by atoms with Gasteiger partial charge < -0.3 is 14.4 Å². The van der Waals surface area contributed by atoms with E-state index in [2.05, 4.69) is 11.9 Å². The van der Waals surface area contributed by atoms with Crippen LogP contribution in [-0.4, -0.2) is 40.5 Å². The van der Waals surface area contributed by atoms with Crippen LogP contribution >= 0.6 is 11.3 Å². The SMILES string of the molecule is CC[C@H]1CCCCN1C(=O)[C@@H](C)OC(=O)c1csc(COc2ccc(F)cc2)n1. The molecule has 1 aromatic heterocycles. The van der Waals surface area contributed by atoms with Crippen molar-refractivity contribution >= 4 is 23.2 Å².